The molecule has 3 rings (SSSR count). The van der Waals surface area contributed by atoms with Crippen LogP contribution in [0.15, 0.2) is 24.3 Å². The third-order valence-electron chi connectivity index (χ3n) is 3.31. The van der Waals surface area contributed by atoms with Gasteiger partial charge in [0, 0.05) is 11.6 Å². The molecule has 2 N–H and O–H groups in total. The summed E-state index contributed by atoms with van der Waals surface area (Å²) in [7, 11) is 0. The van der Waals surface area contributed by atoms with Crippen molar-refractivity contribution in [2.45, 2.75) is 11.8 Å². The van der Waals surface area contributed by atoms with Crippen LogP contribution in [0.3, 0.4) is 0 Å². The van der Waals surface area contributed by atoms with Crippen LogP contribution in [0.4, 0.5) is 5.69 Å². The van der Waals surface area contributed by atoms with Crippen molar-refractivity contribution in [2.24, 2.45) is 5.92 Å². The molecule has 1 saturated carbocycles. The maximum absolute atomic E-state index is 11.6. The Morgan fingerprint density at radius 3 is 2.57 bits per heavy atom. The van der Waals surface area contributed by atoms with E-state index in [1.165, 1.54) is 0 Å². The van der Waals surface area contributed by atoms with Gasteiger partial charge in [0.25, 0.3) is 0 Å². The van der Waals surface area contributed by atoms with Crippen molar-refractivity contribution in [3.8, 4) is 0 Å². The summed E-state index contributed by atoms with van der Waals surface area (Å²) in [5.41, 5.74) is 7.07. The van der Waals surface area contributed by atoms with E-state index < -0.39 is 0 Å². The summed E-state index contributed by atoms with van der Waals surface area (Å²) in [6.07, 6.45) is 0.940. The summed E-state index contributed by atoms with van der Waals surface area (Å²) >= 11 is 0. The maximum Gasteiger partial charge on any atom is 0.317 e. The van der Waals surface area contributed by atoms with E-state index in [0.717, 1.165) is 17.7 Å². The van der Waals surface area contributed by atoms with Crippen LogP contribution in [0.2, 0.25) is 0 Å². The molecule has 0 aromatic heterocycles. The second-order valence-corrected chi connectivity index (χ2v) is 4.09. The van der Waals surface area contributed by atoms with Crippen molar-refractivity contribution in [1.29, 1.82) is 0 Å². The quantitative estimate of drug-likeness (QED) is 0.531. The Morgan fingerprint density at radius 2 is 2.07 bits per heavy atom. The summed E-state index contributed by atoms with van der Waals surface area (Å²) in [5, 5.41) is 0. The van der Waals surface area contributed by atoms with Crippen LogP contribution >= 0.6 is 0 Å². The molecule has 0 bridgehead atoms. The van der Waals surface area contributed by atoms with E-state index in [9.17, 15) is 4.79 Å². The molecule has 1 aliphatic heterocycles. The lowest BCUT2D eigenvalue weighted by atomic mass is 9.94. The van der Waals surface area contributed by atoms with E-state index >= 15 is 0 Å². The zero-order valence-corrected chi connectivity index (χ0v) is 7.69. The minimum atomic E-state index is -0.312. The van der Waals surface area contributed by atoms with Gasteiger partial charge in [-0.15, -0.1) is 0 Å². The Bertz CT molecular complexity index is 398. The Morgan fingerprint density at radius 1 is 1.36 bits per heavy atom. The zero-order chi connectivity index (χ0) is 9.76. The Labute approximate surface area is 81.9 Å². The van der Waals surface area contributed by atoms with Gasteiger partial charge in [0.1, 0.15) is 0 Å². The molecule has 3 nitrogen and oxygen atoms in total. The molecular weight excluding hydrogens is 178 g/mol. The van der Waals surface area contributed by atoms with Crippen LogP contribution in [0, 0.1) is 5.92 Å². The molecule has 0 spiro atoms. The van der Waals surface area contributed by atoms with Crippen LogP contribution in [-0.2, 0) is 14.9 Å². The van der Waals surface area contributed by atoms with E-state index in [0.29, 0.717) is 12.5 Å². The van der Waals surface area contributed by atoms with Crippen LogP contribution in [-0.4, -0.2) is 12.6 Å². The Kier molecular flexibility index (Phi) is 1.29. The predicted molar refractivity (Wildman–Crippen MR) is 51.6 cm³/mol. The third-order valence-corrected chi connectivity index (χ3v) is 3.31. The number of hydrogen-bond donors (Lipinski definition) is 1. The molecule has 14 heavy (non-hydrogen) atoms. The van der Waals surface area contributed by atoms with Gasteiger partial charge < -0.3 is 10.5 Å². The standard InChI is InChI=1S/C11H11NO2/c12-9-3-1-7(2-4-9)11-5-8(11)6-14-10(11)13/h1-4,8H,5-6,12H2. The Hall–Kier alpha value is -1.51. The minimum Gasteiger partial charge on any atom is -0.465 e. The average Bonchev–Trinajstić information content (AvgIpc) is 2.84. The van der Waals surface area contributed by atoms with Crippen LogP contribution in [0.25, 0.3) is 0 Å². The minimum absolute atomic E-state index is 0.0627. The number of hydrogen-bond acceptors (Lipinski definition) is 3. The molecule has 1 aromatic rings. The van der Waals surface area contributed by atoms with E-state index in [1.807, 2.05) is 24.3 Å². The number of cyclic esters (lactones) is 1. The second kappa shape index (κ2) is 2.29. The van der Waals surface area contributed by atoms with Gasteiger partial charge in [-0.1, -0.05) is 12.1 Å². The largest absolute Gasteiger partial charge is 0.465 e. The van der Waals surface area contributed by atoms with Crippen molar-refractivity contribution in [1.82, 2.24) is 0 Å². The molecule has 1 saturated heterocycles. The van der Waals surface area contributed by atoms with Gasteiger partial charge in [-0.3, -0.25) is 4.79 Å². The number of nitrogens with two attached hydrogens (primary N) is 1. The van der Waals surface area contributed by atoms with Gasteiger partial charge in [0.15, 0.2) is 0 Å². The van der Waals surface area contributed by atoms with Gasteiger partial charge in [0.2, 0.25) is 0 Å². The van der Waals surface area contributed by atoms with Crippen molar-refractivity contribution in [3.63, 3.8) is 0 Å². The number of rotatable bonds is 1. The Balaban J connectivity index is 2.04. The highest BCUT2D eigenvalue weighted by atomic mass is 16.5. The highest BCUT2D eigenvalue weighted by molar-refractivity contribution is 5.89. The van der Waals surface area contributed by atoms with Crippen molar-refractivity contribution in [3.05, 3.63) is 29.8 Å². The molecule has 0 amide bonds. The fourth-order valence-electron chi connectivity index (χ4n) is 2.34. The molecular formula is C11H11NO2. The van der Waals surface area contributed by atoms with E-state index in [4.69, 9.17) is 10.5 Å². The number of carbonyl (C=O) groups is 1. The molecule has 2 unspecified atom stereocenters. The number of nitrogen functional groups attached to an aromatic ring is 1. The lowest BCUT2D eigenvalue weighted by molar-refractivity contribution is -0.142. The molecule has 2 aliphatic rings. The molecule has 2 atom stereocenters. The normalized spacial score (nSPS) is 33.7. The van der Waals surface area contributed by atoms with Gasteiger partial charge in [-0.2, -0.15) is 0 Å². The first kappa shape index (κ1) is 7.85. The summed E-state index contributed by atoms with van der Waals surface area (Å²) in [5.74, 6) is 0.339. The van der Waals surface area contributed by atoms with Gasteiger partial charge in [-0.05, 0) is 24.1 Å². The molecule has 1 heterocycles. The molecule has 2 fully saturated rings. The number of anilines is 1. The fraction of sp³-hybridized carbons (Fsp3) is 0.364. The van der Waals surface area contributed by atoms with Crippen molar-refractivity contribution < 1.29 is 9.53 Å². The molecule has 1 aromatic carbocycles. The van der Waals surface area contributed by atoms with E-state index in [1.54, 1.807) is 0 Å². The molecule has 1 aliphatic carbocycles. The first-order valence-corrected chi connectivity index (χ1v) is 4.77. The zero-order valence-electron chi connectivity index (χ0n) is 7.69. The summed E-state index contributed by atoms with van der Waals surface area (Å²) in [6, 6.07) is 7.54. The summed E-state index contributed by atoms with van der Waals surface area (Å²) in [4.78, 5) is 11.6. The fourth-order valence-corrected chi connectivity index (χ4v) is 2.34. The van der Waals surface area contributed by atoms with Gasteiger partial charge in [-0.25, -0.2) is 0 Å². The average molecular weight is 189 g/mol. The lowest BCUT2D eigenvalue weighted by Crippen LogP contribution is -2.18. The predicted octanol–water partition coefficient (Wildman–Crippen LogP) is 1.08. The number of carbonyl (C=O) groups excluding carboxylic acids is 1. The lowest BCUT2D eigenvalue weighted by Gasteiger charge is -2.09. The van der Waals surface area contributed by atoms with Gasteiger partial charge >= 0.3 is 5.97 Å². The first-order chi connectivity index (χ1) is 6.73. The summed E-state index contributed by atoms with van der Waals surface area (Å²) < 4.78 is 5.03. The molecule has 3 heteroatoms. The summed E-state index contributed by atoms with van der Waals surface area (Å²) in [6.45, 7) is 0.587. The molecule has 0 radical (unpaired) electrons. The third kappa shape index (κ3) is 0.794. The SMILES string of the molecule is Nc1ccc(C23CC2COC3=O)cc1. The number of esters is 1. The van der Waals surface area contributed by atoms with Gasteiger partial charge in [0.05, 0.1) is 12.0 Å². The smallest absolute Gasteiger partial charge is 0.317 e. The number of ether oxygens (including phenoxy) is 1. The number of benzene rings is 1. The topological polar surface area (TPSA) is 52.3 Å². The van der Waals surface area contributed by atoms with Crippen LogP contribution in [0.5, 0.6) is 0 Å². The maximum atomic E-state index is 11.6. The van der Waals surface area contributed by atoms with Crippen LogP contribution in [0.1, 0.15) is 12.0 Å². The monoisotopic (exact) mass is 189 g/mol. The van der Waals surface area contributed by atoms with E-state index in [-0.39, 0.29) is 11.4 Å². The highest BCUT2D eigenvalue weighted by Crippen LogP contribution is 2.58. The van der Waals surface area contributed by atoms with Crippen LogP contribution < -0.4 is 5.73 Å². The van der Waals surface area contributed by atoms with Crippen molar-refractivity contribution >= 4 is 11.7 Å². The second-order valence-electron chi connectivity index (χ2n) is 4.09. The highest BCUT2D eigenvalue weighted by Gasteiger charge is 2.66. The number of fused-ring (bicyclic) bond motifs is 1. The van der Waals surface area contributed by atoms with Crippen molar-refractivity contribution in [2.75, 3.05) is 12.3 Å². The molecule has 72 valence electrons. The first-order valence-electron chi connectivity index (χ1n) is 4.77. The van der Waals surface area contributed by atoms with E-state index in [2.05, 4.69) is 0 Å².